The molecule has 110 valence electrons. The smallest absolute Gasteiger partial charge is 0.226 e. The van der Waals surface area contributed by atoms with Crippen molar-refractivity contribution in [1.82, 2.24) is 9.97 Å². The lowest BCUT2D eigenvalue weighted by Gasteiger charge is -2.21. The molecule has 0 aliphatic carbocycles. The Balaban J connectivity index is 1.98. The normalized spacial score (nSPS) is 15.9. The summed E-state index contributed by atoms with van der Waals surface area (Å²) in [5.41, 5.74) is 0.550. The maximum absolute atomic E-state index is 5.90. The lowest BCUT2D eigenvalue weighted by atomic mass is 10.0. The lowest BCUT2D eigenvalue weighted by Crippen LogP contribution is -2.21. The highest BCUT2D eigenvalue weighted by atomic mass is 35.5. The van der Waals surface area contributed by atoms with Crippen molar-refractivity contribution >= 4 is 17.4 Å². The van der Waals surface area contributed by atoms with E-state index in [1.807, 2.05) is 6.92 Å². The van der Waals surface area contributed by atoms with Gasteiger partial charge in [0, 0.05) is 19.3 Å². The third kappa shape index (κ3) is 4.35. The Morgan fingerprint density at radius 2 is 2.20 bits per heavy atom. The summed E-state index contributed by atoms with van der Waals surface area (Å²) in [5.74, 6) is 1.41. The molecule has 0 bridgehead atoms. The first-order chi connectivity index (χ1) is 9.69. The number of nitrogens with zero attached hydrogens (tertiary/aromatic N) is 2. The molecule has 0 atom stereocenters. The van der Waals surface area contributed by atoms with Crippen molar-refractivity contribution < 1.29 is 14.2 Å². The van der Waals surface area contributed by atoms with Crippen LogP contribution in [0.5, 0.6) is 5.88 Å². The van der Waals surface area contributed by atoms with Crippen LogP contribution in [0.1, 0.15) is 25.5 Å². The van der Waals surface area contributed by atoms with Crippen molar-refractivity contribution in [2.45, 2.75) is 19.8 Å². The molecule has 0 aromatic carbocycles. The first-order valence-electron chi connectivity index (χ1n) is 6.76. The molecule has 20 heavy (non-hydrogen) atoms. The largest absolute Gasteiger partial charge is 0.492 e. The second-order valence-corrected chi connectivity index (χ2v) is 4.92. The highest BCUT2D eigenvalue weighted by Gasteiger charge is 2.15. The van der Waals surface area contributed by atoms with Crippen molar-refractivity contribution in [3.63, 3.8) is 0 Å². The summed E-state index contributed by atoms with van der Waals surface area (Å²) in [4.78, 5) is 8.14. The van der Waals surface area contributed by atoms with Crippen LogP contribution in [0, 0.1) is 5.92 Å². The molecule has 1 aliphatic heterocycles. The molecule has 0 radical (unpaired) electrons. The average Bonchev–Trinajstić information content (AvgIpc) is 2.46. The Kier molecular flexibility index (Phi) is 5.61. The van der Waals surface area contributed by atoms with E-state index in [-0.39, 0.29) is 5.28 Å². The summed E-state index contributed by atoms with van der Waals surface area (Å²) in [5, 5.41) is 0.130. The molecule has 0 unspecified atom stereocenters. The predicted molar refractivity (Wildman–Crippen MR) is 76.7 cm³/mol. The average molecular weight is 299 g/mol. The van der Waals surface area contributed by atoms with Crippen LogP contribution >= 0.6 is 11.6 Å². The molecule has 1 aromatic heterocycles. The highest BCUT2D eigenvalue weighted by Crippen LogP contribution is 2.21. The van der Waals surface area contributed by atoms with Crippen LogP contribution in [-0.4, -0.2) is 36.4 Å². The van der Waals surface area contributed by atoms with Gasteiger partial charge in [-0.15, -0.1) is 0 Å². The lowest BCUT2D eigenvalue weighted by molar-refractivity contribution is 0.0490. The van der Waals surface area contributed by atoms with E-state index in [2.05, 4.69) is 16.5 Å². The standard InChI is InChI=1S/C14H19ClN2O3/c1-3-19-10(2)12-8-13(17-14(15)16-12)20-9-11-4-6-18-7-5-11/h8,11H,2-7,9H2,1H3. The van der Waals surface area contributed by atoms with Crippen molar-refractivity contribution in [3.05, 3.63) is 23.6 Å². The maximum Gasteiger partial charge on any atom is 0.226 e. The van der Waals surface area contributed by atoms with Crippen molar-refractivity contribution in [1.29, 1.82) is 0 Å². The molecule has 6 heteroatoms. The second-order valence-electron chi connectivity index (χ2n) is 4.58. The zero-order valence-electron chi connectivity index (χ0n) is 11.6. The molecule has 5 nitrogen and oxygen atoms in total. The quantitative estimate of drug-likeness (QED) is 0.597. The maximum atomic E-state index is 5.90. The van der Waals surface area contributed by atoms with Crippen LogP contribution in [0.15, 0.2) is 12.6 Å². The van der Waals surface area contributed by atoms with Gasteiger partial charge in [-0.25, -0.2) is 4.98 Å². The summed E-state index contributed by atoms with van der Waals surface area (Å²) < 4.78 is 16.3. The van der Waals surface area contributed by atoms with Gasteiger partial charge in [0.1, 0.15) is 11.5 Å². The number of hydrogen-bond acceptors (Lipinski definition) is 5. The minimum atomic E-state index is 0.130. The Bertz CT molecular complexity index is 462. The number of rotatable bonds is 6. The second kappa shape index (κ2) is 7.45. The fourth-order valence-electron chi connectivity index (χ4n) is 1.98. The summed E-state index contributed by atoms with van der Waals surface area (Å²) in [6.45, 7) is 8.42. The summed E-state index contributed by atoms with van der Waals surface area (Å²) >= 11 is 5.90. The Labute approximate surface area is 123 Å². The topological polar surface area (TPSA) is 53.5 Å². The summed E-state index contributed by atoms with van der Waals surface area (Å²) in [6.07, 6.45) is 2.02. The number of aromatic nitrogens is 2. The van der Waals surface area contributed by atoms with Crippen LogP contribution in [0.25, 0.3) is 5.76 Å². The molecular formula is C14H19ClN2O3. The third-order valence-corrected chi connectivity index (χ3v) is 3.26. The van der Waals surface area contributed by atoms with E-state index in [9.17, 15) is 0 Å². The first-order valence-corrected chi connectivity index (χ1v) is 7.14. The zero-order chi connectivity index (χ0) is 14.4. The predicted octanol–water partition coefficient (Wildman–Crippen LogP) is 2.94. The van der Waals surface area contributed by atoms with Gasteiger partial charge in [-0.2, -0.15) is 4.98 Å². The molecule has 0 saturated carbocycles. The van der Waals surface area contributed by atoms with Crippen molar-refractivity contribution in [3.8, 4) is 5.88 Å². The molecule has 1 fully saturated rings. The first kappa shape index (κ1) is 15.1. The zero-order valence-corrected chi connectivity index (χ0v) is 12.4. The van der Waals surface area contributed by atoms with Crippen LogP contribution in [0.3, 0.4) is 0 Å². The molecule has 1 aromatic rings. The summed E-state index contributed by atoms with van der Waals surface area (Å²) in [6, 6.07) is 1.70. The van der Waals surface area contributed by atoms with Gasteiger partial charge >= 0.3 is 0 Å². The van der Waals surface area contributed by atoms with Gasteiger partial charge in [-0.05, 0) is 37.3 Å². The molecule has 0 N–H and O–H groups in total. The number of hydrogen-bond donors (Lipinski definition) is 0. The fraction of sp³-hybridized carbons (Fsp3) is 0.571. The molecule has 0 spiro atoms. The van der Waals surface area contributed by atoms with Gasteiger partial charge in [0.05, 0.1) is 13.2 Å². The minimum Gasteiger partial charge on any atom is -0.492 e. The van der Waals surface area contributed by atoms with Crippen LogP contribution in [0.4, 0.5) is 0 Å². The Morgan fingerprint density at radius 3 is 2.90 bits per heavy atom. The van der Waals surface area contributed by atoms with E-state index in [1.165, 1.54) is 0 Å². The van der Waals surface area contributed by atoms with Gasteiger partial charge < -0.3 is 14.2 Å². The van der Waals surface area contributed by atoms with Gasteiger partial charge in [-0.3, -0.25) is 0 Å². The van der Waals surface area contributed by atoms with E-state index in [0.29, 0.717) is 36.5 Å². The van der Waals surface area contributed by atoms with Crippen molar-refractivity contribution in [2.24, 2.45) is 5.92 Å². The van der Waals surface area contributed by atoms with E-state index >= 15 is 0 Å². The van der Waals surface area contributed by atoms with Crippen LogP contribution in [0.2, 0.25) is 5.28 Å². The molecule has 1 aliphatic rings. The molecular weight excluding hydrogens is 280 g/mol. The summed E-state index contributed by atoms with van der Waals surface area (Å²) in [7, 11) is 0. The Hall–Kier alpha value is -1.33. The van der Waals surface area contributed by atoms with E-state index in [0.717, 1.165) is 26.1 Å². The van der Waals surface area contributed by atoms with Crippen LogP contribution in [-0.2, 0) is 9.47 Å². The van der Waals surface area contributed by atoms with Gasteiger partial charge in [0.2, 0.25) is 11.2 Å². The highest BCUT2D eigenvalue weighted by molar-refractivity contribution is 6.28. The van der Waals surface area contributed by atoms with Gasteiger partial charge in [0.25, 0.3) is 0 Å². The van der Waals surface area contributed by atoms with E-state index in [1.54, 1.807) is 6.07 Å². The van der Waals surface area contributed by atoms with E-state index < -0.39 is 0 Å². The van der Waals surface area contributed by atoms with Crippen molar-refractivity contribution in [2.75, 3.05) is 26.4 Å². The molecule has 1 saturated heterocycles. The van der Waals surface area contributed by atoms with Gasteiger partial charge in [-0.1, -0.05) is 6.58 Å². The number of ether oxygens (including phenoxy) is 3. The monoisotopic (exact) mass is 298 g/mol. The van der Waals surface area contributed by atoms with Gasteiger partial charge in [0.15, 0.2) is 0 Å². The minimum absolute atomic E-state index is 0.130. The Morgan fingerprint density at radius 1 is 1.45 bits per heavy atom. The van der Waals surface area contributed by atoms with Crippen LogP contribution < -0.4 is 4.74 Å². The molecule has 2 heterocycles. The SMILES string of the molecule is C=C(OCC)c1cc(OCC2CCOCC2)nc(Cl)n1. The number of halogens is 1. The third-order valence-electron chi connectivity index (χ3n) is 3.09. The van der Waals surface area contributed by atoms with E-state index in [4.69, 9.17) is 25.8 Å². The molecule has 2 rings (SSSR count). The molecule has 0 amide bonds. The fourth-order valence-corrected chi connectivity index (χ4v) is 2.15.